The molecule has 1 aliphatic heterocycles. The molecule has 0 amide bonds. The normalized spacial score (nSPS) is 15.7. The number of nitrogens with one attached hydrogen (secondary N) is 1. The third-order valence-corrected chi connectivity index (χ3v) is 4.21. The van der Waals surface area contributed by atoms with Crippen molar-refractivity contribution in [3.8, 4) is 0 Å². The summed E-state index contributed by atoms with van der Waals surface area (Å²) >= 11 is 7.93. The summed E-state index contributed by atoms with van der Waals surface area (Å²) in [7, 11) is 1.71. The number of hydrogen-bond acceptors (Lipinski definition) is 4. The zero-order valence-corrected chi connectivity index (χ0v) is 12.0. The van der Waals surface area contributed by atoms with Gasteiger partial charge in [0, 0.05) is 30.1 Å². The Balaban J connectivity index is 1.93. The Morgan fingerprint density at radius 3 is 3.00 bits per heavy atom. The smallest absolute Gasteiger partial charge is 0.0611 e. The lowest BCUT2D eigenvalue weighted by Gasteiger charge is -2.26. The summed E-state index contributed by atoms with van der Waals surface area (Å²) in [6.07, 6.45) is 0. The lowest BCUT2D eigenvalue weighted by molar-refractivity contribution is 0.0455. The van der Waals surface area contributed by atoms with Crippen molar-refractivity contribution >= 4 is 23.4 Å². The van der Waals surface area contributed by atoms with Crippen molar-refractivity contribution in [1.29, 1.82) is 0 Å². The summed E-state index contributed by atoms with van der Waals surface area (Å²) in [4.78, 5) is 1.29. The second-order valence-corrected chi connectivity index (χ2v) is 5.98. The van der Waals surface area contributed by atoms with Crippen LogP contribution >= 0.6 is 23.4 Å². The van der Waals surface area contributed by atoms with Gasteiger partial charge in [-0.05, 0) is 23.8 Å². The van der Waals surface area contributed by atoms with E-state index >= 15 is 0 Å². The van der Waals surface area contributed by atoms with Gasteiger partial charge in [-0.2, -0.15) is 0 Å². The number of benzene rings is 1. The van der Waals surface area contributed by atoms with Crippen molar-refractivity contribution in [2.75, 3.05) is 33.5 Å². The van der Waals surface area contributed by atoms with Crippen molar-refractivity contribution < 1.29 is 9.47 Å². The van der Waals surface area contributed by atoms with Crippen LogP contribution in [0.2, 0.25) is 5.02 Å². The van der Waals surface area contributed by atoms with E-state index in [0.717, 1.165) is 37.9 Å². The fourth-order valence-corrected chi connectivity index (χ4v) is 2.97. The van der Waals surface area contributed by atoms with Crippen LogP contribution in [0.3, 0.4) is 0 Å². The first kappa shape index (κ1) is 14.2. The molecule has 1 saturated heterocycles. The Labute approximate surface area is 117 Å². The minimum absolute atomic E-state index is 0.587. The van der Waals surface area contributed by atoms with E-state index < -0.39 is 0 Å². The third kappa shape index (κ3) is 4.14. The molecule has 0 atom stereocenters. The van der Waals surface area contributed by atoms with Gasteiger partial charge in [0.1, 0.15) is 0 Å². The summed E-state index contributed by atoms with van der Waals surface area (Å²) in [6, 6.07) is 6.07. The van der Waals surface area contributed by atoms with Gasteiger partial charge in [0.05, 0.1) is 25.1 Å². The molecule has 0 radical (unpaired) electrons. The van der Waals surface area contributed by atoms with Crippen LogP contribution in [0.4, 0.5) is 0 Å². The fourth-order valence-electron chi connectivity index (χ4n) is 1.66. The molecule has 1 aromatic carbocycles. The van der Waals surface area contributed by atoms with Gasteiger partial charge in [-0.3, -0.25) is 0 Å². The Morgan fingerprint density at radius 1 is 1.50 bits per heavy atom. The molecule has 1 aliphatic rings. The van der Waals surface area contributed by atoms with Crippen LogP contribution in [-0.2, 0) is 16.0 Å². The summed E-state index contributed by atoms with van der Waals surface area (Å²) in [5, 5.41) is 4.72. The largest absolute Gasteiger partial charge is 0.383 e. The van der Waals surface area contributed by atoms with Crippen molar-refractivity contribution in [3.05, 3.63) is 28.8 Å². The average molecular weight is 288 g/mol. The van der Waals surface area contributed by atoms with E-state index in [1.165, 1.54) is 10.5 Å². The highest BCUT2D eigenvalue weighted by Crippen LogP contribution is 2.32. The maximum Gasteiger partial charge on any atom is 0.0611 e. The zero-order valence-electron chi connectivity index (χ0n) is 10.4. The van der Waals surface area contributed by atoms with Crippen LogP contribution in [0.25, 0.3) is 0 Å². The minimum atomic E-state index is 0.587. The van der Waals surface area contributed by atoms with Crippen molar-refractivity contribution in [2.45, 2.75) is 16.7 Å². The van der Waals surface area contributed by atoms with Crippen molar-refractivity contribution in [3.63, 3.8) is 0 Å². The van der Waals surface area contributed by atoms with E-state index in [0.29, 0.717) is 5.25 Å². The lowest BCUT2D eigenvalue weighted by Crippen LogP contribution is -2.30. The van der Waals surface area contributed by atoms with E-state index in [2.05, 4.69) is 11.4 Å². The van der Waals surface area contributed by atoms with Crippen LogP contribution in [0.1, 0.15) is 5.56 Å². The molecule has 0 spiro atoms. The molecule has 1 N–H and O–H groups in total. The summed E-state index contributed by atoms with van der Waals surface area (Å²) in [5.74, 6) is 0. The molecule has 1 heterocycles. The first-order chi connectivity index (χ1) is 8.79. The van der Waals surface area contributed by atoms with Crippen molar-refractivity contribution in [2.24, 2.45) is 0 Å². The van der Waals surface area contributed by atoms with E-state index in [-0.39, 0.29) is 0 Å². The lowest BCUT2D eigenvalue weighted by atomic mass is 10.2. The molecule has 0 bridgehead atoms. The van der Waals surface area contributed by atoms with Gasteiger partial charge in [0.15, 0.2) is 0 Å². The fraction of sp³-hybridized carbons (Fsp3) is 0.538. The highest BCUT2D eigenvalue weighted by atomic mass is 35.5. The standard InChI is InChI=1S/C13H18ClNO2S/c1-16-5-4-15-7-10-6-11(14)2-3-13(10)18-12-8-17-9-12/h2-3,6,12,15H,4-5,7-9H2,1H3. The van der Waals surface area contributed by atoms with Gasteiger partial charge in [0.2, 0.25) is 0 Å². The van der Waals surface area contributed by atoms with E-state index in [4.69, 9.17) is 21.1 Å². The number of methoxy groups -OCH3 is 1. The molecule has 0 aliphatic carbocycles. The Bertz CT molecular complexity index is 385. The maximum absolute atomic E-state index is 6.05. The van der Waals surface area contributed by atoms with Gasteiger partial charge in [-0.1, -0.05) is 11.6 Å². The molecule has 0 aromatic heterocycles. The maximum atomic E-state index is 6.05. The quantitative estimate of drug-likeness (QED) is 0.781. The number of halogens is 1. The summed E-state index contributed by atoms with van der Waals surface area (Å²) < 4.78 is 10.2. The molecule has 1 aromatic rings. The van der Waals surface area contributed by atoms with E-state index in [1.807, 2.05) is 23.9 Å². The number of thioether (sulfide) groups is 1. The van der Waals surface area contributed by atoms with Crippen molar-refractivity contribution in [1.82, 2.24) is 5.32 Å². The summed E-state index contributed by atoms with van der Waals surface area (Å²) in [5.41, 5.74) is 1.25. The third-order valence-electron chi connectivity index (χ3n) is 2.72. The first-order valence-corrected chi connectivity index (χ1v) is 7.28. The Kier molecular flexibility index (Phi) is 5.79. The Hall–Kier alpha value is -0.260. The molecule has 3 nitrogen and oxygen atoms in total. The van der Waals surface area contributed by atoms with Gasteiger partial charge >= 0.3 is 0 Å². The monoisotopic (exact) mass is 287 g/mol. The van der Waals surface area contributed by atoms with E-state index in [9.17, 15) is 0 Å². The van der Waals surface area contributed by atoms with Gasteiger partial charge in [-0.15, -0.1) is 11.8 Å². The first-order valence-electron chi connectivity index (χ1n) is 6.02. The van der Waals surface area contributed by atoms with Crippen LogP contribution in [0, 0.1) is 0 Å². The molecular formula is C13H18ClNO2S. The topological polar surface area (TPSA) is 30.5 Å². The predicted molar refractivity (Wildman–Crippen MR) is 75.5 cm³/mol. The molecule has 100 valence electrons. The number of ether oxygens (including phenoxy) is 2. The molecule has 0 unspecified atom stereocenters. The van der Waals surface area contributed by atoms with Crippen LogP contribution in [0.15, 0.2) is 23.1 Å². The highest BCUT2D eigenvalue weighted by Gasteiger charge is 2.20. The minimum Gasteiger partial charge on any atom is -0.383 e. The molecule has 0 saturated carbocycles. The second kappa shape index (κ2) is 7.36. The van der Waals surface area contributed by atoms with Crippen LogP contribution in [-0.4, -0.2) is 38.7 Å². The number of hydrogen-bond donors (Lipinski definition) is 1. The van der Waals surface area contributed by atoms with Crippen LogP contribution in [0.5, 0.6) is 0 Å². The Morgan fingerprint density at radius 2 is 2.33 bits per heavy atom. The SMILES string of the molecule is COCCNCc1cc(Cl)ccc1SC1COC1. The van der Waals surface area contributed by atoms with Gasteiger partial charge in [0.25, 0.3) is 0 Å². The summed E-state index contributed by atoms with van der Waals surface area (Å²) in [6.45, 7) is 4.09. The molecule has 1 fully saturated rings. The number of rotatable bonds is 7. The van der Waals surface area contributed by atoms with Gasteiger partial charge in [-0.25, -0.2) is 0 Å². The predicted octanol–water partition coefficient (Wildman–Crippen LogP) is 2.57. The molecule has 18 heavy (non-hydrogen) atoms. The average Bonchev–Trinajstić information content (AvgIpc) is 2.31. The zero-order chi connectivity index (χ0) is 12.8. The second-order valence-electron chi connectivity index (χ2n) is 4.20. The highest BCUT2D eigenvalue weighted by molar-refractivity contribution is 8.00. The van der Waals surface area contributed by atoms with Gasteiger partial charge < -0.3 is 14.8 Å². The molecule has 5 heteroatoms. The van der Waals surface area contributed by atoms with Crippen LogP contribution < -0.4 is 5.32 Å². The van der Waals surface area contributed by atoms with E-state index in [1.54, 1.807) is 7.11 Å². The molecular weight excluding hydrogens is 270 g/mol. The molecule has 2 rings (SSSR count).